The fourth-order valence-corrected chi connectivity index (χ4v) is 3.10. The van der Waals surface area contributed by atoms with Crippen molar-refractivity contribution in [1.29, 1.82) is 0 Å². The first kappa shape index (κ1) is 23.5. The third kappa shape index (κ3) is 8.27. The Kier molecular flexibility index (Phi) is 9.92. The number of para-hydroxylation sites is 1. The Morgan fingerprint density at radius 2 is 1.60 bits per heavy atom. The zero-order valence-electron chi connectivity index (χ0n) is 18.3. The highest BCUT2D eigenvalue weighted by Gasteiger charge is 2.25. The molecule has 0 aromatic heterocycles. The van der Waals surface area contributed by atoms with Gasteiger partial charge in [0, 0.05) is 19.5 Å². The molecule has 0 saturated carbocycles. The maximum absolute atomic E-state index is 13.0. The van der Waals surface area contributed by atoms with Gasteiger partial charge < -0.3 is 15.0 Å². The summed E-state index contributed by atoms with van der Waals surface area (Å²) in [6.07, 6.45) is 1.67. The van der Waals surface area contributed by atoms with E-state index in [9.17, 15) is 9.59 Å². The van der Waals surface area contributed by atoms with Crippen molar-refractivity contribution in [2.24, 2.45) is 5.92 Å². The molecule has 0 aliphatic heterocycles. The second-order valence-electron chi connectivity index (χ2n) is 7.90. The highest BCUT2D eigenvalue weighted by Crippen LogP contribution is 2.11. The number of rotatable bonds is 12. The first-order chi connectivity index (χ1) is 14.5. The summed E-state index contributed by atoms with van der Waals surface area (Å²) < 4.78 is 5.69. The third-order valence-corrected chi connectivity index (χ3v) is 4.88. The molecular weight excluding hydrogens is 376 g/mol. The number of benzene rings is 2. The van der Waals surface area contributed by atoms with Gasteiger partial charge in [-0.2, -0.15) is 0 Å². The van der Waals surface area contributed by atoms with E-state index in [2.05, 4.69) is 19.2 Å². The summed E-state index contributed by atoms with van der Waals surface area (Å²) in [6.45, 7) is 7.49. The average Bonchev–Trinajstić information content (AvgIpc) is 2.76. The summed E-state index contributed by atoms with van der Waals surface area (Å²) in [5.41, 5.74) is 1.15. The van der Waals surface area contributed by atoms with Crippen LogP contribution in [0.5, 0.6) is 5.75 Å². The number of nitrogens with zero attached hydrogens (tertiary/aromatic N) is 1. The lowest BCUT2D eigenvalue weighted by Crippen LogP contribution is -2.49. The van der Waals surface area contributed by atoms with Crippen LogP contribution in [0.3, 0.4) is 0 Å². The van der Waals surface area contributed by atoms with Crippen LogP contribution in [0.1, 0.15) is 39.2 Å². The minimum atomic E-state index is -0.505. The Labute approximate surface area is 180 Å². The molecule has 1 atom stereocenters. The van der Waals surface area contributed by atoms with E-state index in [0.717, 1.165) is 17.7 Å². The van der Waals surface area contributed by atoms with Crippen LogP contribution >= 0.6 is 0 Å². The van der Waals surface area contributed by atoms with Gasteiger partial charge in [0.25, 0.3) is 0 Å². The molecule has 0 bridgehead atoms. The normalized spacial score (nSPS) is 11.7. The first-order valence-corrected chi connectivity index (χ1v) is 10.8. The highest BCUT2D eigenvalue weighted by atomic mass is 16.5. The van der Waals surface area contributed by atoms with E-state index in [4.69, 9.17) is 4.74 Å². The van der Waals surface area contributed by atoms with Gasteiger partial charge in [-0.1, -0.05) is 62.4 Å². The fourth-order valence-electron chi connectivity index (χ4n) is 3.10. The van der Waals surface area contributed by atoms with Crippen LogP contribution < -0.4 is 10.1 Å². The smallest absolute Gasteiger partial charge is 0.242 e. The van der Waals surface area contributed by atoms with Gasteiger partial charge in [-0.15, -0.1) is 0 Å². The lowest BCUT2D eigenvalue weighted by molar-refractivity contribution is -0.140. The number of hydrogen-bond acceptors (Lipinski definition) is 3. The van der Waals surface area contributed by atoms with Crippen LogP contribution in [0.15, 0.2) is 60.7 Å². The van der Waals surface area contributed by atoms with Gasteiger partial charge in [0.15, 0.2) is 0 Å². The van der Waals surface area contributed by atoms with Crippen molar-refractivity contribution in [3.63, 3.8) is 0 Å². The quantitative estimate of drug-likeness (QED) is 0.537. The predicted molar refractivity (Wildman–Crippen MR) is 120 cm³/mol. The largest absolute Gasteiger partial charge is 0.494 e. The first-order valence-electron chi connectivity index (χ1n) is 10.8. The lowest BCUT2D eigenvalue weighted by atomic mass is 10.1. The van der Waals surface area contributed by atoms with E-state index >= 15 is 0 Å². The van der Waals surface area contributed by atoms with Crippen molar-refractivity contribution in [3.05, 3.63) is 66.2 Å². The minimum Gasteiger partial charge on any atom is -0.494 e. The topological polar surface area (TPSA) is 58.6 Å². The van der Waals surface area contributed by atoms with Gasteiger partial charge in [0.2, 0.25) is 11.8 Å². The maximum Gasteiger partial charge on any atom is 0.242 e. The fraction of sp³-hybridized carbons (Fsp3) is 0.440. The van der Waals surface area contributed by atoms with Gasteiger partial charge in [0.05, 0.1) is 6.61 Å². The van der Waals surface area contributed by atoms with Gasteiger partial charge in [-0.25, -0.2) is 0 Å². The molecule has 0 radical (unpaired) electrons. The standard InChI is InChI=1S/C25H34N2O3/c1-20(2)19-26-25(29)21(3)27(17-16-22-11-6-4-7-12-22)24(28)15-10-18-30-23-13-8-5-9-14-23/h4-9,11-14,20-21H,10,15-19H2,1-3H3,(H,26,29)/t21-/m1/s1. The molecule has 5 heteroatoms. The second-order valence-corrected chi connectivity index (χ2v) is 7.90. The summed E-state index contributed by atoms with van der Waals surface area (Å²) in [5.74, 6) is 1.04. The molecule has 30 heavy (non-hydrogen) atoms. The van der Waals surface area contributed by atoms with E-state index in [1.165, 1.54) is 0 Å². The van der Waals surface area contributed by atoms with Crippen LogP contribution in [0.2, 0.25) is 0 Å². The molecule has 0 aliphatic rings. The number of amides is 2. The third-order valence-electron chi connectivity index (χ3n) is 4.88. The van der Waals surface area contributed by atoms with E-state index in [1.807, 2.05) is 60.7 Å². The number of carbonyl (C=O) groups is 2. The van der Waals surface area contributed by atoms with Crippen LogP contribution in [0.4, 0.5) is 0 Å². The second kappa shape index (κ2) is 12.7. The Bertz CT molecular complexity index is 762. The highest BCUT2D eigenvalue weighted by molar-refractivity contribution is 5.87. The molecule has 0 unspecified atom stereocenters. The summed E-state index contributed by atoms with van der Waals surface area (Å²) in [5, 5.41) is 2.95. The van der Waals surface area contributed by atoms with Gasteiger partial charge >= 0.3 is 0 Å². The molecule has 0 fully saturated rings. The van der Waals surface area contributed by atoms with Gasteiger partial charge in [-0.05, 0) is 43.4 Å². The van der Waals surface area contributed by atoms with E-state index < -0.39 is 6.04 Å². The number of carbonyl (C=O) groups excluding carboxylic acids is 2. The number of ether oxygens (including phenoxy) is 1. The zero-order valence-corrected chi connectivity index (χ0v) is 18.3. The molecule has 2 aromatic carbocycles. The molecule has 0 heterocycles. The zero-order chi connectivity index (χ0) is 21.8. The van der Waals surface area contributed by atoms with E-state index in [0.29, 0.717) is 38.5 Å². The van der Waals surface area contributed by atoms with Crippen molar-refractivity contribution in [3.8, 4) is 5.75 Å². The van der Waals surface area contributed by atoms with Crippen LogP contribution in [-0.2, 0) is 16.0 Å². The Hall–Kier alpha value is -2.82. The molecule has 0 saturated heterocycles. The van der Waals surface area contributed by atoms with Crippen molar-refractivity contribution >= 4 is 11.8 Å². The molecular formula is C25H34N2O3. The van der Waals surface area contributed by atoms with Crippen LogP contribution in [0.25, 0.3) is 0 Å². The van der Waals surface area contributed by atoms with Crippen LogP contribution in [-0.4, -0.2) is 42.5 Å². The molecule has 5 nitrogen and oxygen atoms in total. The summed E-state index contributed by atoms with van der Waals surface area (Å²) in [7, 11) is 0. The Balaban J connectivity index is 1.92. The van der Waals surface area contributed by atoms with Crippen molar-refractivity contribution in [2.75, 3.05) is 19.7 Å². The van der Waals surface area contributed by atoms with Crippen molar-refractivity contribution < 1.29 is 14.3 Å². The summed E-state index contributed by atoms with van der Waals surface area (Å²) in [4.78, 5) is 27.2. The van der Waals surface area contributed by atoms with E-state index in [1.54, 1.807) is 11.8 Å². The minimum absolute atomic E-state index is 0.0187. The molecule has 2 amide bonds. The van der Waals surface area contributed by atoms with Gasteiger partial charge in [0.1, 0.15) is 11.8 Å². The molecule has 0 spiro atoms. The van der Waals surface area contributed by atoms with Crippen molar-refractivity contribution in [1.82, 2.24) is 10.2 Å². The Morgan fingerprint density at radius 3 is 2.23 bits per heavy atom. The van der Waals surface area contributed by atoms with Gasteiger partial charge in [-0.3, -0.25) is 9.59 Å². The molecule has 2 aromatic rings. The van der Waals surface area contributed by atoms with Crippen LogP contribution in [0, 0.1) is 5.92 Å². The number of hydrogen-bond donors (Lipinski definition) is 1. The predicted octanol–water partition coefficient (Wildman–Crippen LogP) is 4.08. The molecule has 162 valence electrons. The Morgan fingerprint density at radius 1 is 0.967 bits per heavy atom. The van der Waals surface area contributed by atoms with E-state index in [-0.39, 0.29) is 11.8 Å². The molecule has 0 aliphatic carbocycles. The molecule has 2 rings (SSSR count). The lowest BCUT2D eigenvalue weighted by Gasteiger charge is -2.29. The summed E-state index contributed by atoms with van der Waals surface area (Å²) >= 11 is 0. The summed E-state index contributed by atoms with van der Waals surface area (Å²) in [6, 6.07) is 19.1. The molecule has 1 N–H and O–H groups in total. The monoisotopic (exact) mass is 410 g/mol. The number of nitrogens with one attached hydrogen (secondary N) is 1. The SMILES string of the molecule is CC(C)CNC(=O)[C@@H](C)N(CCc1ccccc1)C(=O)CCCOc1ccccc1. The average molecular weight is 411 g/mol. The van der Waals surface area contributed by atoms with Crippen molar-refractivity contribution in [2.45, 2.75) is 46.1 Å². The maximum atomic E-state index is 13.0.